The minimum Gasteiger partial charge on any atom is -0.393 e. The number of rotatable bonds is 4. The number of alkyl halides is 1. The first-order chi connectivity index (χ1) is 6.76. The molecule has 0 aliphatic heterocycles. The first kappa shape index (κ1) is 11.1. The van der Waals surface area contributed by atoms with Crippen molar-refractivity contribution in [3.8, 4) is 0 Å². The van der Waals surface area contributed by atoms with Crippen LogP contribution < -0.4 is 5.32 Å². The van der Waals surface area contributed by atoms with Crippen LogP contribution in [0.2, 0.25) is 0 Å². The molecule has 1 amide bonds. The number of alkyl carbamates (subject to hydrolysis) is 1. The van der Waals surface area contributed by atoms with E-state index in [9.17, 15) is 4.79 Å². The molecule has 0 bridgehead atoms. The van der Waals surface area contributed by atoms with Gasteiger partial charge in [0.1, 0.15) is 12.5 Å². The largest absolute Gasteiger partial charge is 0.414 e. The fourth-order valence-corrected chi connectivity index (χ4v) is 0.841. The molecule has 1 aliphatic carbocycles. The molecular weight excluding hydrogens is 208 g/mol. The van der Waals surface area contributed by atoms with E-state index in [0.29, 0.717) is 6.61 Å². The first-order valence-corrected chi connectivity index (χ1v) is 5.02. The van der Waals surface area contributed by atoms with E-state index in [1.165, 1.54) is 0 Å². The predicted molar refractivity (Wildman–Crippen MR) is 52.4 cm³/mol. The zero-order valence-electron chi connectivity index (χ0n) is 7.96. The van der Waals surface area contributed by atoms with E-state index in [1.807, 2.05) is 0 Å². The molecule has 0 aromatic carbocycles. The standard InChI is InChI=1S/C8H13ClN2O3/c1-2-13-11-7(5-9)14-8(12)10-6-3-4-6/h6H,2-5H2,1H3,(H,10,12). The van der Waals surface area contributed by atoms with Gasteiger partial charge in [0, 0.05) is 6.04 Å². The highest BCUT2D eigenvalue weighted by Crippen LogP contribution is 2.18. The average Bonchev–Trinajstić information content (AvgIpc) is 2.95. The number of hydrogen-bond donors (Lipinski definition) is 1. The number of nitrogens with zero attached hydrogens (tertiary/aromatic N) is 1. The Kier molecular flexibility index (Phi) is 4.52. The summed E-state index contributed by atoms with van der Waals surface area (Å²) in [6.45, 7) is 2.19. The van der Waals surface area contributed by atoms with Gasteiger partial charge in [-0.15, -0.1) is 11.6 Å². The van der Waals surface area contributed by atoms with Crippen LogP contribution in [-0.4, -0.2) is 30.5 Å². The smallest absolute Gasteiger partial charge is 0.393 e. The Morgan fingerprint density at radius 3 is 2.86 bits per heavy atom. The third-order valence-corrected chi connectivity index (χ3v) is 1.75. The van der Waals surface area contributed by atoms with Crippen LogP contribution in [0.3, 0.4) is 0 Å². The van der Waals surface area contributed by atoms with Crippen molar-refractivity contribution < 1.29 is 14.4 Å². The second-order valence-corrected chi connectivity index (χ2v) is 3.11. The van der Waals surface area contributed by atoms with Crippen LogP contribution in [0, 0.1) is 0 Å². The van der Waals surface area contributed by atoms with E-state index >= 15 is 0 Å². The molecule has 6 heteroatoms. The fourth-order valence-electron chi connectivity index (χ4n) is 0.738. The lowest BCUT2D eigenvalue weighted by molar-refractivity contribution is 0.145. The third kappa shape index (κ3) is 4.32. The summed E-state index contributed by atoms with van der Waals surface area (Å²) in [5, 5.41) is 6.17. The van der Waals surface area contributed by atoms with Crippen LogP contribution in [-0.2, 0) is 9.57 Å². The molecule has 0 heterocycles. The van der Waals surface area contributed by atoms with Gasteiger partial charge in [-0.05, 0) is 19.8 Å². The maximum absolute atomic E-state index is 11.1. The van der Waals surface area contributed by atoms with Gasteiger partial charge in [-0.3, -0.25) is 0 Å². The quantitative estimate of drug-likeness (QED) is 0.338. The van der Waals surface area contributed by atoms with Crippen molar-refractivity contribution in [3.63, 3.8) is 0 Å². The van der Waals surface area contributed by atoms with E-state index < -0.39 is 6.09 Å². The summed E-state index contributed by atoms with van der Waals surface area (Å²) in [4.78, 5) is 15.8. The molecule has 1 saturated carbocycles. The molecule has 1 N–H and O–H groups in total. The molecule has 0 unspecified atom stereocenters. The van der Waals surface area contributed by atoms with E-state index in [4.69, 9.17) is 21.2 Å². The van der Waals surface area contributed by atoms with Gasteiger partial charge in [-0.2, -0.15) is 0 Å². The van der Waals surface area contributed by atoms with Crippen molar-refractivity contribution in [1.29, 1.82) is 0 Å². The van der Waals surface area contributed by atoms with Crippen molar-refractivity contribution in [2.24, 2.45) is 5.16 Å². The summed E-state index contributed by atoms with van der Waals surface area (Å²) in [5.74, 6) is 0.0876. The number of ether oxygens (including phenoxy) is 1. The van der Waals surface area contributed by atoms with Crippen LogP contribution >= 0.6 is 11.6 Å². The number of carbonyl (C=O) groups excluding carboxylic acids is 1. The fraction of sp³-hybridized carbons (Fsp3) is 0.750. The second-order valence-electron chi connectivity index (χ2n) is 2.84. The molecule has 1 rings (SSSR count). The number of amides is 1. The predicted octanol–water partition coefficient (Wildman–Crippen LogP) is 1.46. The number of nitrogens with one attached hydrogen (secondary N) is 1. The lowest BCUT2D eigenvalue weighted by Gasteiger charge is -2.05. The highest BCUT2D eigenvalue weighted by Gasteiger charge is 2.24. The number of halogens is 1. The van der Waals surface area contributed by atoms with E-state index in [1.54, 1.807) is 6.92 Å². The normalized spacial score (nSPS) is 16.3. The Morgan fingerprint density at radius 2 is 2.36 bits per heavy atom. The van der Waals surface area contributed by atoms with Crippen molar-refractivity contribution in [3.05, 3.63) is 0 Å². The third-order valence-electron chi connectivity index (χ3n) is 1.52. The summed E-state index contributed by atoms with van der Waals surface area (Å²) in [6.07, 6.45) is 1.49. The Morgan fingerprint density at radius 1 is 1.64 bits per heavy atom. The Hall–Kier alpha value is -0.970. The molecule has 5 nitrogen and oxygen atoms in total. The van der Waals surface area contributed by atoms with Crippen molar-refractivity contribution >= 4 is 23.6 Å². The number of carbonyl (C=O) groups is 1. The molecule has 0 spiro atoms. The molecule has 1 aliphatic rings. The van der Waals surface area contributed by atoms with Crippen LogP contribution in [0.1, 0.15) is 19.8 Å². The Bertz CT molecular complexity index is 229. The van der Waals surface area contributed by atoms with Crippen molar-refractivity contribution in [2.75, 3.05) is 12.5 Å². The molecule has 0 atom stereocenters. The van der Waals surface area contributed by atoms with Gasteiger partial charge in [0.15, 0.2) is 0 Å². The maximum Gasteiger partial charge on any atom is 0.414 e. The molecule has 0 aromatic heterocycles. The molecule has 1 fully saturated rings. The Balaban J connectivity index is 2.26. The first-order valence-electron chi connectivity index (χ1n) is 4.49. The minimum absolute atomic E-state index is 0.0120. The van der Waals surface area contributed by atoms with Crippen molar-refractivity contribution in [1.82, 2.24) is 5.32 Å². The van der Waals surface area contributed by atoms with E-state index in [0.717, 1.165) is 12.8 Å². The van der Waals surface area contributed by atoms with Gasteiger partial charge in [0.2, 0.25) is 0 Å². The highest BCUT2D eigenvalue weighted by molar-refractivity contribution is 6.27. The van der Waals surface area contributed by atoms with Crippen LogP contribution in [0.5, 0.6) is 0 Å². The Labute approximate surface area is 87.4 Å². The lowest BCUT2D eigenvalue weighted by Crippen LogP contribution is -2.29. The van der Waals surface area contributed by atoms with Gasteiger partial charge in [-0.25, -0.2) is 4.79 Å². The molecule has 14 heavy (non-hydrogen) atoms. The molecule has 80 valence electrons. The van der Waals surface area contributed by atoms with Gasteiger partial charge in [0.25, 0.3) is 5.90 Å². The van der Waals surface area contributed by atoms with Gasteiger partial charge in [0.05, 0.1) is 0 Å². The molecule has 0 aromatic rings. The zero-order valence-corrected chi connectivity index (χ0v) is 8.71. The second kappa shape index (κ2) is 5.70. The highest BCUT2D eigenvalue weighted by atomic mass is 35.5. The van der Waals surface area contributed by atoms with Gasteiger partial charge >= 0.3 is 6.09 Å². The summed E-state index contributed by atoms with van der Waals surface area (Å²) in [6, 6.07) is 0.256. The van der Waals surface area contributed by atoms with E-state index in [2.05, 4.69) is 10.5 Å². The summed E-state index contributed by atoms with van der Waals surface area (Å²) >= 11 is 5.48. The lowest BCUT2D eigenvalue weighted by atomic mass is 10.7. The summed E-state index contributed by atoms with van der Waals surface area (Å²) < 4.78 is 4.80. The molecule has 0 saturated heterocycles. The van der Waals surface area contributed by atoms with Gasteiger partial charge < -0.3 is 14.9 Å². The average molecular weight is 221 g/mol. The SMILES string of the molecule is CCON=C(CCl)OC(=O)NC1CC1. The number of oxime groups is 1. The number of hydrogen-bond acceptors (Lipinski definition) is 4. The monoisotopic (exact) mass is 220 g/mol. The maximum atomic E-state index is 11.1. The van der Waals surface area contributed by atoms with Crippen LogP contribution in [0.15, 0.2) is 5.16 Å². The minimum atomic E-state index is -0.522. The van der Waals surface area contributed by atoms with E-state index in [-0.39, 0.29) is 17.8 Å². The topological polar surface area (TPSA) is 59.9 Å². The van der Waals surface area contributed by atoms with Crippen LogP contribution in [0.25, 0.3) is 0 Å². The zero-order chi connectivity index (χ0) is 10.4. The molecular formula is C8H13ClN2O3. The van der Waals surface area contributed by atoms with Crippen LogP contribution in [0.4, 0.5) is 4.79 Å². The summed E-state index contributed by atoms with van der Waals surface area (Å²) in [7, 11) is 0. The molecule has 0 radical (unpaired) electrons. The van der Waals surface area contributed by atoms with Gasteiger partial charge in [-0.1, -0.05) is 5.16 Å². The summed E-state index contributed by atoms with van der Waals surface area (Å²) in [5.41, 5.74) is 0. The van der Waals surface area contributed by atoms with Crippen molar-refractivity contribution in [2.45, 2.75) is 25.8 Å².